The quantitative estimate of drug-likeness (QED) is 0.751. The Labute approximate surface area is 92.0 Å². The van der Waals surface area contributed by atoms with E-state index < -0.39 is 0 Å². The Hall–Kier alpha value is -1.64. The van der Waals surface area contributed by atoms with Crippen molar-refractivity contribution in [3.63, 3.8) is 0 Å². The molecule has 0 aromatic carbocycles. The van der Waals surface area contributed by atoms with Gasteiger partial charge in [-0.1, -0.05) is 6.07 Å². The topological polar surface area (TPSA) is 37.3 Å². The monoisotopic (exact) mass is 205 g/mol. The third-order valence-corrected chi connectivity index (χ3v) is 1.56. The van der Waals surface area contributed by atoms with Crippen molar-refractivity contribution >= 4 is 6.21 Å². The summed E-state index contributed by atoms with van der Waals surface area (Å²) in [6.07, 6.45) is 7.23. The Bertz CT molecular complexity index is 278. The molecule has 0 aliphatic heterocycles. The van der Waals surface area contributed by atoms with Crippen LogP contribution in [0.25, 0.3) is 0 Å². The average molecular weight is 205 g/mol. The lowest BCUT2D eigenvalue weighted by atomic mass is 10.3. The van der Waals surface area contributed by atoms with Gasteiger partial charge in [0.2, 0.25) is 0 Å². The lowest BCUT2D eigenvalue weighted by molar-refractivity contribution is 1.11. The van der Waals surface area contributed by atoms with Crippen molar-refractivity contribution in [1.29, 1.82) is 0 Å². The Morgan fingerprint density at radius 1 is 1.33 bits per heavy atom. The Morgan fingerprint density at radius 3 is 2.47 bits per heavy atom. The fourth-order valence-electron chi connectivity index (χ4n) is 0.767. The zero-order chi connectivity index (χ0) is 11.5. The lowest BCUT2D eigenvalue weighted by Gasteiger charge is -1.89. The standard InChI is InChI=1S/C7H9N.C5H10N2/c1-6-3-4-7(2)8-5-6;1-6-4-3-5-7-2/h3-5H,1-2H3;3-6H,1-2H3/b;4-3-,7-5?. The van der Waals surface area contributed by atoms with Crippen LogP contribution >= 0.6 is 0 Å². The molecular formula is C12H19N3. The molecule has 0 atom stereocenters. The Balaban J connectivity index is 0.000000265. The fourth-order valence-corrected chi connectivity index (χ4v) is 0.767. The molecule has 1 aromatic heterocycles. The van der Waals surface area contributed by atoms with E-state index in [-0.39, 0.29) is 0 Å². The number of hydrogen-bond donors (Lipinski definition) is 1. The predicted octanol–water partition coefficient (Wildman–Crippen LogP) is 2.12. The van der Waals surface area contributed by atoms with Gasteiger partial charge in [-0.15, -0.1) is 0 Å². The van der Waals surface area contributed by atoms with E-state index in [1.165, 1.54) is 5.56 Å². The summed E-state index contributed by atoms with van der Waals surface area (Å²) in [6.45, 7) is 4.02. The highest BCUT2D eigenvalue weighted by atomic mass is 14.8. The molecule has 0 fully saturated rings. The lowest BCUT2D eigenvalue weighted by Crippen LogP contribution is -1.90. The van der Waals surface area contributed by atoms with Crippen LogP contribution in [0.15, 0.2) is 35.6 Å². The number of aliphatic imine (C=N–C) groups is 1. The fraction of sp³-hybridized carbons (Fsp3) is 0.333. The van der Waals surface area contributed by atoms with Crippen LogP contribution < -0.4 is 5.32 Å². The van der Waals surface area contributed by atoms with E-state index in [2.05, 4.69) is 21.4 Å². The molecule has 82 valence electrons. The summed E-state index contributed by atoms with van der Waals surface area (Å²) < 4.78 is 0. The smallest absolute Gasteiger partial charge is 0.0372 e. The van der Waals surface area contributed by atoms with Crippen LogP contribution in [0, 0.1) is 13.8 Å². The van der Waals surface area contributed by atoms with E-state index >= 15 is 0 Å². The summed E-state index contributed by atoms with van der Waals surface area (Å²) in [5.41, 5.74) is 2.30. The highest BCUT2D eigenvalue weighted by molar-refractivity contribution is 5.70. The van der Waals surface area contributed by atoms with Gasteiger partial charge in [0, 0.05) is 32.2 Å². The first-order valence-corrected chi connectivity index (χ1v) is 4.84. The van der Waals surface area contributed by atoms with E-state index in [0.717, 1.165) is 5.69 Å². The molecule has 0 amide bonds. The summed E-state index contributed by atoms with van der Waals surface area (Å²) in [6, 6.07) is 4.07. The van der Waals surface area contributed by atoms with Crippen molar-refractivity contribution in [3.05, 3.63) is 41.9 Å². The first-order valence-electron chi connectivity index (χ1n) is 4.84. The summed E-state index contributed by atoms with van der Waals surface area (Å²) in [5, 5.41) is 2.83. The van der Waals surface area contributed by atoms with Gasteiger partial charge in [-0.2, -0.15) is 0 Å². The van der Waals surface area contributed by atoms with Gasteiger partial charge in [0.15, 0.2) is 0 Å². The number of aromatic nitrogens is 1. The van der Waals surface area contributed by atoms with Gasteiger partial charge >= 0.3 is 0 Å². The second-order valence-corrected chi connectivity index (χ2v) is 3.03. The summed E-state index contributed by atoms with van der Waals surface area (Å²) in [7, 11) is 3.58. The maximum atomic E-state index is 4.08. The third-order valence-electron chi connectivity index (χ3n) is 1.56. The Kier molecular flexibility index (Phi) is 7.96. The molecule has 1 N–H and O–H groups in total. The Morgan fingerprint density at radius 2 is 2.07 bits per heavy atom. The van der Waals surface area contributed by atoms with Crippen molar-refractivity contribution < 1.29 is 0 Å². The predicted molar refractivity (Wildman–Crippen MR) is 66.3 cm³/mol. The van der Waals surface area contributed by atoms with Crippen molar-refractivity contribution in [2.24, 2.45) is 4.99 Å². The molecule has 3 nitrogen and oxygen atoms in total. The summed E-state index contributed by atoms with van der Waals surface area (Å²) in [4.78, 5) is 7.80. The first kappa shape index (κ1) is 13.4. The number of allylic oxidation sites excluding steroid dienone is 1. The minimum absolute atomic E-state index is 1.08. The summed E-state index contributed by atoms with van der Waals surface area (Å²) >= 11 is 0. The zero-order valence-corrected chi connectivity index (χ0v) is 9.86. The second-order valence-electron chi connectivity index (χ2n) is 3.03. The molecule has 1 aromatic rings. The average Bonchev–Trinajstić information content (AvgIpc) is 2.24. The number of aryl methyl sites for hydroxylation is 2. The van der Waals surface area contributed by atoms with Crippen LogP contribution in [0.3, 0.4) is 0 Å². The molecule has 0 spiro atoms. The number of rotatable bonds is 2. The number of hydrogen-bond acceptors (Lipinski definition) is 3. The highest BCUT2D eigenvalue weighted by Gasteiger charge is 1.81. The largest absolute Gasteiger partial charge is 0.394 e. The maximum absolute atomic E-state index is 4.08. The molecular weight excluding hydrogens is 186 g/mol. The van der Waals surface area contributed by atoms with Crippen LogP contribution in [0.1, 0.15) is 11.3 Å². The molecule has 0 unspecified atom stereocenters. The number of nitrogens with one attached hydrogen (secondary N) is 1. The van der Waals surface area contributed by atoms with Gasteiger partial charge in [0.25, 0.3) is 0 Å². The molecule has 0 saturated carbocycles. The van der Waals surface area contributed by atoms with E-state index in [1.54, 1.807) is 13.3 Å². The molecule has 0 saturated heterocycles. The van der Waals surface area contributed by atoms with E-state index in [4.69, 9.17) is 0 Å². The van der Waals surface area contributed by atoms with Crippen LogP contribution in [-0.4, -0.2) is 25.3 Å². The van der Waals surface area contributed by atoms with Crippen molar-refractivity contribution in [2.75, 3.05) is 14.1 Å². The van der Waals surface area contributed by atoms with Crippen LogP contribution in [0.4, 0.5) is 0 Å². The van der Waals surface area contributed by atoms with E-state index in [0.29, 0.717) is 0 Å². The normalized spacial score (nSPS) is 10.1. The van der Waals surface area contributed by atoms with E-state index in [1.807, 2.05) is 45.4 Å². The van der Waals surface area contributed by atoms with Gasteiger partial charge in [-0.05, 0) is 37.8 Å². The van der Waals surface area contributed by atoms with Crippen LogP contribution in [0.2, 0.25) is 0 Å². The minimum Gasteiger partial charge on any atom is -0.394 e. The summed E-state index contributed by atoms with van der Waals surface area (Å²) in [5.74, 6) is 0. The van der Waals surface area contributed by atoms with Crippen molar-refractivity contribution in [2.45, 2.75) is 13.8 Å². The van der Waals surface area contributed by atoms with Crippen LogP contribution in [0.5, 0.6) is 0 Å². The molecule has 3 heteroatoms. The SMILES string of the molecule is CN=C/C=C\NC.Cc1ccc(C)nc1. The molecule has 0 aliphatic carbocycles. The van der Waals surface area contributed by atoms with Crippen molar-refractivity contribution in [1.82, 2.24) is 10.3 Å². The molecule has 1 heterocycles. The third kappa shape index (κ3) is 8.68. The highest BCUT2D eigenvalue weighted by Crippen LogP contribution is 1.94. The molecule has 0 bridgehead atoms. The van der Waals surface area contributed by atoms with Gasteiger partial charge in [-0.25, -0.2) is 0 Å². The number of nitrogens with zero attached hydrogens (tertiary/aromatic N) is 2. The van der Waals surface area contributed by atoms with Crippen LogP contribution in [-0.2, 0) is 0 Å². The molecule has 0 aliphatic rings. The van der Waals surface area contributed by atoms with Crippen molar-refractivity contribution in [3.8, 4) is 0 Å². The molecule has 1 rings (SSSR count). The zero-order valence-electron chi connectivity index (χ0n) is 9.86. The van der Waals surface area contributed by atoms with Gasteiger partial charge in [0.05, 0.1) is 0 Å². The number of pyridine rings is 1. The molecule has 0 radical (unpaired) electrons. The molecule has 15 heavy (non-hydrogen) atoms. The van der Waals surface area contributed by atoms with Gasteiger partial charge in [0.1, 0.15) is 0 Å². The first-order chi connectivity index (χ1) is 7.20. The van der Waals surface area contributed by atoms with E-state index in [9.17, 15) is 0 Å². The van der Waals surface area contributed by atoms with Gasteiger partial charge in [-0.3, -0.25) is 9.98 Å². The van der Waals surface area contributed by atoms with Gasteiger partial charge < -0.3 is 5.32 Å². The minimum atomic E-state index is 1.08. The second kappa shape index (κ2) is 8.94. The maximum Gasteiger partial charge on any atom is 0.0372 e.